The molecule has 6 nitrogen and oxygen atoms in total. The number of nitrogens with zero attached hydrogens (tertiary/aromatic N) is 4. The number of nitro groups is 1. The van der Waals surface area contributed by atoms with Crippen LogP contribution in [0, 0.1) is 15.9 Å². The van der Waals surface area contributed by atoms with E-state index in [-0.39, 0.29) is 11.5 Å². The van der Waals surface area contributed by atoms with Gasteiger partial charge in [0.1, 0.15) is 5.82 Å². The van der Waals surface area contributed by atoms with Crippen LogP contribution in [0.2, 0.25) is 5.02 Å². The van der Waals surface area contributed by atoms with Crippen LogP contribution in [-0.2, 0) is 12.8 Å². The maximum Gasteiger partial charge on any atom is 0.269 e. The maximum atomic E-state index is 13.8. The minimum absolute atomic E-state index is 0.00899. The Morgan fingerprint density at radius 3 is 2.60 bits per heavy atom. The minimum atomic E-state index is -0.458. The van der Waals surface area contributed by atoms with Crippen molar-refractivity contribution in [1.82, 2.24) is 14.8 Å². The molecule has 0 bridgehead atoms. The molecule has 1 aromatic heterocycles. The molecule has 3 rings (SSSR count). The van der Waals surface area contributed by atoms with Gasteiger partial charge in [-0.25, -0.2) is 4.39 Å². The third-order valence-electron chi connectivity index (χ3n) is 3.58. The molecular weight excluding hydrogens is 367 g/mol. The van der Waals surface area contributed by atoms with E-state index in [0.717, 1.165) is 0 Å². The Bertz CT molecular complexity index is 910. The molecule has 0 saturated carbocycles. The van der Waals surface area contributed by atoms with E-state index in [2.05, 4.69) is 10.2 Å². The molecule has 0 N–H and O–H groups in total. The predicted octanol–water partition coefficient (Wildman–Crippen LogP) is 4.48. The lowest BCUT2D eigenvalue weighted by molar-refractivity contribution is -0.384. The zero-order valence-corrected chi connectivity index (χ0v) is 14.6. The Kier molecular flexibility index (Phi) is 5.00. The second kappa shape index (κ2) is 7.20. The van der Waals surface area contributed by atoms with Crippen LogP contribution in [0.15, 0.2) is 47.6 Å². The van der Waals surface area contributed by atoms with Crippen molar-refractivity contribution in [2.24, 2.45) is 7.05 Å². The number of thioether (sulfide) groups is 1. The minimum Gasteiger partial charge on any atom is -0.305 e. The zero-order chi connectivity index (χ0) is 18.0. The number of non-ortho nitro benzene ring substituents is 1. The monoisotopic (exact) mass is 378 g/mol. The molecule has 0 atom stereocenters. The fraction of sp³-hybridized carbons (Fsp3) is 0.125. The third kappa shape index (κ3) is 3.64. The summed E-state index contributed by atoms with van der Waals surface area (Å²) >= 11 is 7.33. The summed E-state index contributed by atoms with van der Waals surface area (Å²) in [5.41, 5.74) is 1.13. The average molecular weight is 379 g/mol. The van der Waals surface area contributed by atoms with Crippen LogP contribution in [-0.4, -0.2) is 19.7 Å². The molecule has 0 saturated heterocycles. The van der Waals surface area contributed by atoms with Gasteiger partial charge >= 0.3 is 0 Å². The summed E-state index contributed by atoms with van der Waals surface area (Å²) in [5, 5.41) is 19.9. The van der Waals surface area contributed by atoms with E-state index in [4.69, 9.17) is 11.6 Å². The number of benzene rings is 2. The van der Waals surface area contributed by atoms with E-state index < -0.39 is 4.92 Å². The molecule has 0 radical (unpaired) electrons. The normalized spacial score (nSPS) is 10.8. The highest BCUT2D eigenvalue weighted by Gasteiger charge is 2.14. The van der Waals surface area contributed by atoms with E-state index in [0.29, 0.717) is 32.9 Å². The van der Waals surface area contributed by atoms with Crippen molar-refractivity contribution in [3.05, 3.63) is 69.0 Å². The van der Waals surface area contributed by atoms with Crippen LogP contribution in [0.3, 0.4) is 0 Å². The predicted molar refractivity (Wildman–Crippen MR) is 94.1 cm³/mol. The molecule has 0 unspecified atom stereocenters. The fourth-order valence-corrected chi connectivity index (χ4v) is 3.49. The summed E-state index contributed by atoms with van der Waals surface area (Å²) in [5.74, 6) is 0.521. The Hall–Kier alpha value is -2.45. The van der Waals surface area contributed by atoms with Crippen LogP contribution in [0.5, 0.6) is 0 Å². The number of halogens is 2. The molecule has 0 amide bonds. The van der Waals surface area contributed by atoms with Crippen LogP contribution < -0.4 is 0 Å². The quantitative estimate of drug-likeness (QED) is 0.372. The summed E-state index contributed by atoms with van der Waals surface area (Å²) < 4.78 is 15.6. The van der Waals surface area contributed by atoms with Gasteiger partial charge in [0.15, 0.2) is 11.0 Å². The standard InChI is InChI=1S/C16H12ClFN4O2S/c1-21-15(10-5-7-11(8-6-10)22(23)24)19-20-16(21)25-9-12-13(17)3-2-4-14(12)18/h2-8H,9H2,1H3. The van der Waals surface area contributed by atoms with E-state index in [9.17, 15) is 14.5 Å². The summed E-state index contributed by atoms with van der Waals surface area (Å²) in [7, 11) is 1.78. The van der Waals surface area contributed by atoms with Gasteiger partial charge in [-0.2, -0.15) is 0 Å². The third-order valence-corrected chi connectivity index (χ3v) is 4.98. The van der Waals surface area contributed by atoms with Crippen molar-refractivity contribution < 1.29 is 9.31 Å². The molecular formula is C16H12ClFN4O2S. The van der Waals surface area contributed by atoms with Crippen molar-refractivity contribution in [3.8, 4) is 11.4 Å². The number of nitro benzene ring substituents is 1. The Morgan fingerprint density at radius 2 is 1.96 bits per heavy atom. The second-order valence-corrected chi connectivity index (χ2v) is 6.51. The van der Waals surface area contributed by atoms with Crippen molar-refractivity contribution in [3.63, 3.8) is 0 Å². The van der Waals surface area contributed by atoms with Gasteiger partial charge in [0.05, 0.1) is 4.92 Å². The van der Waals surface area contributed by atoms with Crippen molar-refractivity contribution >= 4 is 29.1 Å². The number of rotatable bonds is 5. The molecule has 1 heterocycles. The highest BCUT2D eigenvalue weighted by atomic mass is 35.5. The lowest BCUT2D eigenvalue weighted by Gasteiger charge is -2.06. The molecule has 128 valence electrons. The Labute approximate surface area is 151 Å². The number of aromatic nitrogens is 3. The Morgan fingerprint density at radius 1 is 1.24 bits per heavy atom. The van der Waals surface area contributed by atoms with Crippen LogP contribution in [0.25, 0.3) is 11.4 Å². The lowest BCUT2D eigenvalue weighted by Crippen LogP contribution is -1.96. The Balaban J connectivity index is 1.80. The van der Waals surface area contributed by atoms with Crippen LogP contribution in [0.1, 0.15) is 5.56 Å². The molecule has 0 aliphatic rings. The molecule has 3 aromatic rings. The maximum absolute atomic E-state index is 13.8. The summed E-state index contributed by atoms with van der Waals surface area (Å²) in [6.45, 7) is 0. The van der Waals surface area contributed by atoms with Gasteiger partial charge in [0.2, 0.25) is 0 Å². The summed E-state index contributed by atoms with van der Waals surface area (Å²) in [4.78, 5) is 10.3. The van der Waals surface area contributed by atoms with Crippen molar-refractivity contribution in [2.45, 2.75) is 10.9 Å². The first-order valence-corrected chi connectivity index (χ1v) is 8.53. The van der Waals surface area contributed by atoms with Gasteiger partial charge in [-0.3, -0.25) is 10.1 Å². The van der Waals surface area contributed by atoms with Gasteiger partial charge in [-0.1, -0.05) is 29.4 Å². The van der Waals surface area contributed by atoms with Crippen molar-refractivity contribution in [1.29, 1.82) is 0 Å². The fourth-order valence-electron chi connectivity index (χ4n) is 2.23. The van der Waals surface area contributed by atoms with Gasteiger partial charge in [-0.05, 0) is 24.3 Å². The first-order chi connectivity index (χ1) is 12.0. The van der Waals surface area contributed by atoms with Gasteiger partial charge in [-0.15, -0.1) is 10.2 Å². The van der Waals surface area contributed by atoms with Crippen LogP contribution in [0.4, 0.5) is 10.1 Å². The molecule has 2 aromatic carbocycles. The van der Waals surface area contributed by atoms with Gasteiger partial charge in [0, 0.05) is 41.1 Å². The summed E-state index contributed by atoms with van der Waals surface area (Å²) in [6.07, 6.45) is 0. The van der Waals surface area contributed by atoms with E-state index in [1.807, 2.05) is 0 Å². The van der Waals surface area contributed by atoms with E-state index >= 15 is 0 Å². The largest absolute Gasteiger partial charge is 0.305 e. The lowest BCUT2D eigenvalue weighted by atomic mass is 10.2. The highest BCUT2D eigenvalue weighted by Crippen LogP contribution is 2.29. The average Bonchev–Trinajstić information content (AvgIpc) is 2.95. The molecule has 9 heteroatoms. The van der Waals surface area contributed by atoms with Crippen molar-refractivity contribution in [2.75, 3.05) is 0 Å². The van der Waals surface area contributed by atoms with E-state index in [1.54, 1.807) is 35.9 Å². The molecule has 0 aliphatic heterocycles. The summed E-state index contributed by atoms with van der Waals surface area (Å²) in [6, 6.07) is 10.6. The topological polar surface area (TPSA) is 73.8 Å². The number of hydrogen-bond acceptors (Lipinski definition) is 5. The second-order valence-electron chi connectivity index (χ2n) is 5.16. The first-order valence-electron chi connectivity index (χ1n) is 7.17. The number of hydrogen-bond donors (Lipinski definition) is 0. The van der Waals surface area contributed by atoms with Gasteiger partial charge < -0.3 is 4.57 Å². The SMILES string of the molecule is Cn1c(SCc2c(F)cccc2Cl)nnc1-c1ccc([N+](=O)[O-])cc1. The molecule has 0 fully saturated rings. The highest BCUT2D eigenvalue weighted by molar-refractivity contribution is 7.98. The van der Waals surface area contributed by atoms with E-state index in [1.165, 1.54) is 30.0 Å². The first kappa shape index (κ1) is 17.4. The van der Waals surface area contributed by atoms with Crippen LogP contribution >= 0.6 is 23.4 Å². The molecule has 0 spiro atoms. The molecule has 25 heavy (non-hydrogen) atoms. The smallest absolute Gasteiger partial charge is 0.269 e. The zero-order valence-electron chi connectivity index (χ0n) is 13.0. The van der Waals surface area contributed by atoms with Gasteiger partial charge in [0.25, 0.3) is 5.69 Å². The molecule has 0 aliphatic carbocycles.